The Balaban J connectivity index is 1.98. The molecule has 1 amide bonds. The maximum Gasteiger partial charge on any atom is 0.242 e. The van der Waals surface area contributed by atoms with Gasteiger partial charge in [-0.3, -0.25) is 4.79 Å². The summed E-state index contributed by atoms with van der Waals surface area (Å²) in [5.74, 6) is -0.0328. The number of amides is 1. The zero-order chi connectivity index (χ0) is 17.3. The molecule has 0 radical (unpaired) electrons. The summed E-state index contributed by atoms with van der Waals surface area (Å²) in [7, 11) is -3.51. The van der Waals surface area contributed by atoms with Crippen LogP contribution in [0.1, 0.15) is 32.6 Å². The maximum atomic E-state index is 12.8. The number of nitrogens with zero attached hydrogens (tertiary/aromatic N) is 3. The predicted octanol–water partition coefficient (Wildman–Crippen LogP) is 2.23. The fraction of sp³-hybridized carbons (Fsp3) is 0.529. The predicted molar refractivity (Wildman–Crippen MR) is 92.5 cm³/mol. The summed E-state index contributed by atoms with van der Waals surface area (Å²) in [5, 5.41) is -0.0397. The zero-order valence-electron chi connectivity index (χ0n) is 14.1. The van der Waals surface area contributed by atoms with E-state index in [4.69, 9.17) is 0 Å². The van der Waals surface area contributed by atoms with E-state index in [-0.39, 0.29) is 23.7 Å². The number of likely N-dealkylation sites (tertiary alicyclic amines) is 1. The first-order valence-electron chi connectivity index (χ1n) is 8.36. The number of rotatable bonds is 4. The quantitative estimate of drug-likeness (QED) is 0.848. The summed E-state index contributed by atoms with van der Waals surface area (Å²) in [6.07, 6.45) is 5.23. The maximum absolute atomic E-state index is 12.8. The van der Waals surface area contributed by atoms with Crippen LogP contribution < -0.4 is 0 Å². The normalized spacial score (nSPS) is 18.9. The molecule has 0 N–H and O–H groups in total. The lowest BCUT2D eigenvalue weighted by Gasteiger charge is -2.35. The van der Waals surface area contributed by atoms with Crippen molar-refractivity contribution in [2.75, 3.05) is 12.8 Å². The Morgan fingerprint density at radius 2 is 2.04 bits per heavy atom. The first kappa shape index (κ1) is 17.0. The van der Waals surface area contributed by atoms with Gasteiger partial charge < -0.3 is 9.47 Å². The van der Waals surface area contributed by atoms with E-state index < -0.39 is 9.84 Å². The van der Waals surface area contributed by atoms with E-state index in [2.05, 4.69) is 11.9 Å². The zero-order valence-corrected chi connectivity index (χ0v) is 14.9. The number of sulfone groups is 1. The lowest BCUT2D eigenvalue weighted by atomic mass is 10.00. The van der Waals surface area contributed by atoms with Gasteiger partial charge in [0.05, 0.1) is 11.0 Å². The molecule has 0 saturated carbocycles. The summed E-state index contributed by atoms with van der Waals surface area (Å²) < 4.78 is 25.7. The van der Waals surface area contributed by atoms with Crippen molar-refractivity contribution in [2.45, 2.75) is 50.4 Å². The third-order valence-electron chi connectivity index (χ3n) is 4.66. The summed E-state index contributed by atoms with van der Waals surface area (Å²) in [6, 6.07) is 7.46. The fourth-order valence-electron chi connectivity index (χ4n) is 3.47. The molecule has 1 aromatic carbocycles. The van der Waals surface area contributed by atoms with Crippen LogP contribution in [-0.2, 0) is 21.2 Å². The first-order valence-corrected chi connectivity index (χ1v) is 10.3. The molecule has 0 aliphatic carbocycles. The molecule has 2 heterocycles. The van der Waals surface area contributed by atoms with E-state index in [1.165, 1.54) is 4.57 Å². The van der Waals surface area contributed by atoms with Crippen LogP contribution in [0.3, 0.4) is 0 Å². The molecule has 1 unspecified atom stereocenters. The third-order valence-corrected chi connectivity index (χ3v) is 5.64. The average molecular weight is 349 g/mol. The number of piperidine rings is 1. The molecule has 1 fully saturated rings. The van der Waals surface area contributed by atoms with Crippen LogP contribution in [-0.4, -0.2) is 47.6 Å². The van der Waals surface area contributed by atoms with E-state index in [1.54, 1.807) is 12.1 Å². The van der Waals surface area contributed by atoms with Crippen LogP contribution >= 0.6 is 0 Å². The van der Waals surface area contributed by atoms with Crippen molar-refractivity contribution in [3.63, 3.8) is 0 Å². The van der Waals surface area contributed by atoms with Crippen LogP contribution in [0.4, 0.5) is 0 Å². The number of hydrogen-bond donors (Lipinski definition) is 0. The molecule has 24 heavy (non-hydrogen) atoms. The minimum Gasteiger partial charge on any atom is -0.338 e. The molecule has 0 bridgehead atoms. The van der Waals surface area contributed by atoms with Crippen molar-refractivity contribution in [3.05, 3.63) is 24.3 Å². The summed E-state index contributed by atoms with van der Waals surface area (Å²) in [5.41, 5.74) is 1.27. The second kappa shape index (κ2) is 6.55. The van der Waals surface area contributed by atoms with Gasteiger partial charge in [-0.2, -0.15) is 0 Å². The highest BCUT2D eigenvalue weighted by atomic mass is 32.2. The number of imidazole rings is 1. The molecule has 7 heteroatoms. The number of para-hydroxylation sites is 2. The monoisotopic (exact) mass is 349 g/mol. The molecule has 3 rings (SSSR count). The molecule has 1 saturated heterocycles. The van der Waals surface area contributed by atoms with Crippen LogP contribution in [0, 0.1) is 0 Å². The standard InChI is InChI=1S/C17H23N3O3S/c1-3-13-8-6-7-11-19(13)16(21)12-20-15-10-5-4-9-14(15)18-17(20)24(2,22)23/h4-5,9-10,13H,3,6-8,11-12H2,1-2H3. The van der Waals surface area contributed by atoms with E-state index in [9.17, 15) is 13.2 Å². The molecule has 1 aliphatic rings. The fourth-order valence-corrected chi connectivity index (χ4v) is 4.30. The van der Waals surface area contributed by atoms with Gasteiger partial charge in [0, 0.05) is 18.8 Å². The van der Waals surface area contributed by atoms with Crippen LogP contribution in [0.2, 0.25) is 0 Å². The van der Waals surface area contributed by atoms with Crippen LogP contribution in [0.15, 0.2) is 29.4 Å². The number of aromatic nitrogens is 2. The van der Waals surface area contributed by atoms with Gasteiger partial charge in [-0.15, -0.1) is 0 Å². The van der Waals surface area contributed by atoms with Crippen molar-refractivity contribution in [3.8, 4) is 0 Å². The van der Waals surface area contributed by atoms with Gasteiger partial charge in [0.25, 0.3) is 0 Å². The Labute approximate surface area is 142 Å². The molecule has 1 atom stereocenters. The highest BCUT2D eigenvalue weighted by molar-refractivity contribution is 7.90. The first-order chi connectivity index (χ1) is 11.4. The molecule has 1 aliphatic heterocycles. The van der Waals surface area contributed by atoms with Crippen molar-refractivity contribution >= 4 is 26.8 Å². The Morgan fingerprint density at radius 3 is 2.75 bits per heavy atom. The Morgan fingerprint density at radius 1 is 1.29 bits per heavy atom. The van der Waals surface area contributed by atoms with Gasteiger partial charge >= 0.3 is 0 Å². The number of benzene rings is 1. The van der Waals surface area contributed by atoms with E-state index in [0.717, 1.165) is 38.5 Å². The molecule has 0 spiro atoms. The smallest absolute Gasteiger partial charge is 0.242 e. The van der Waals surface area contributed by atoms with Crippen LogP contribution in [0.5, 0.6) is 0 Å². The van der Waals surface area contributed by atoms with Crippen molar-refractivity contribution in [1.82, 2.24) is 14.5 Å². The lowest BCUT2D eigenvalue weighted by Crippen LogP contribution is -2.45. The van der Waals surface area contributed by atoms with Crippen molar-refractivity contribution in [2.24, 2.45) is 0 Å². The highest BCUT2D eigenvalue weighted by Gasteiger charge is 2.28. The molecular weight excluding hydrogens is 326 g/mol. The van der Waals surface area contributed by atoms with Gasteiger partial charge in [0.15, 0.2) is 0 Å². The minimum atomic E-state index is -3.51. The molecule has 1 aromatic heterocycles. The second-order valence-corrected chi connectivity index (χ2v) is 8.30. The SMILES string of the molecule is CCC1CCCCN1C(=O)Cn1c(S(C)(=O)=O)nc2ccccc21. The van der Waals surface area contributed by atoms with Crippen LogP contribution in [0.25, 0.3) is 11.0 Å². The number of hydrogen-bond acceptors (Lipinski definition) is 4. The second-order valence-electron chi connectivity index (χ2n) is 6.39. The summed E-state index contributed by atoms with van der Waals surface area (Å²) in [6.45, 7) is 2.85. The Kier molecular flexibility index (Phi) is 4.62. The highest BCUT2D eigenvalue weighted by Crippen LogP contribution is 2.23. The molecular formula is C17H23N3O3S. The molecule has 2 aromatic rings. The average Bonchev–Trinajstić information content (AvgIpc) is 2.94. The van der Waals surface area contributed by atoms with Crippen molar-refractivity contribution < 1.29 is 13.2 Å². The number of carbonyl (C=O) groups excluding carboxylic acids is 1. The van der Waals surface area contributed by atoms with Gasteiger partial charge in [-0.05, 0) is 37.8 Å². The Bertz CT molecular complexity index is 857. The van der Waals surface area contributed by atoms with E-state index in [0.29, 0.717) is 11.0 Å². The summed E-state index contributed by atoms with van der Waals surface area (Å²) in [4.78, 5) is 19.0. The number of carbonyl (C=O) groups is 1. The molecule has 6 nitrogen and oxygen atoms in total. The topological polar surface area (TPSA) is 72.3 Å². The minimum absolute atomic E-state index is 0.0133. The largest absolute Gasteiger partial charge is 0.338 e. The van der Waals surface area contributed by atoms with Gasteiger partial charge in [0.1, 0.15) is 6.54 Å². The van der Waals surface area contributed by atoms with E-state index in [1.807, 2.05) is 17.0 Å². The third kappa shape index (κ3) is 3.17. The van der Waals surface area contributed by atoms with Gasteiger partial charge in [-0.25, -0.2) is 13.4 Å². The van der Waals surface area contributed by atoms with Crippen molar-refractivity contribution in [1.29, 1.82) is 0 Å². The van der Waals surface area contributed by atoms with Gasteiger partial charge in [-0.1, -0.05) is 19.1 Å². The lowest BCUT2D eigenvalue weighted by molar-refractivity contribution is -0.135. The number of fused-ring (bicyclic) bond motifs is 1. The Hall–Kier alpha value is -1.89. The van der Waals surface area contributed by atoms with Gasteiger partial charge in [0.2, 0.25) is 20.9 Å². The molecule has 130 valence electrons. The van der Waals surface area contributed by atoms with E-state index >= 15 is 0 Å². The summed E-state index contributed by atoms with van der Waals surface area (Å²) >= 11 is 0.